The zero-order valence-electron chi connectivity index (χ0n) is 18.8. The van der Waals surface area contributed by atoms with Gasteiger partial charge in [-0.1, -0.05) is 0 Å². The van der Waals surface area contributed by atoms with Gasteiger partial charge in [-0.25, -0.2) is 4.98 Å². The Balaban J connectivity index is 1.60. The van der Waals surface area contributed by atoms with E-state index in [-0.39, 0.29) is 11.8 Å². The Bertz CT molecular complexity index is 1140. The first kappa shape index (κ1) is 21.5. The third-order valence-electron chi connectivity index (χ3n) is 5.78. The van der Waals surface area contributed by atoms with Crippen molar-refractivity contribution in [1.82, 2.24) is 15.2 Å². The summed E-state index contributed by atoms with van der Waals surface area (Å²) in [5.41, 5.74) is 11.1. The minimum atomic E-state index is -0.228. The second-order valence-electron chi connectivity index (χ2n) is 8.00. The van der Waals surface area contributed by atoms with Crippen molar-refractivity contribution in [2.24, 2.45) is 0 Å². The van der Waals surface area contributed by atoms with E-state index < -0.39 is 0 Å². The van der Waals surface area contributed by atoms with Gasteiger partial charge in [-0.05, 0) is 57.0 Å². The van der Waals surface area contributed by atoms with Crippen LogP contribution in [-0.2, 0) is 0 Å². The Hall–Kier alpha value is -3.68. The zero-order chi connectivity index (χ0) is 22.8. The highest BCUT2D eigenvalue weighted by Crippen LogP contribution is 2.32. The molecule has 32 heavy (non-hydrogen) atoms. The largest absolute Gasteiger partial charge is 0.493 e. The summed E-state index contributed by atoms with van der Waals surface area (Å²) >= 11 is 0. The second-order valence-corrected chi connectivity index (χ2v) is 8.00. The van der Waals surface area contributed by atoms with Crippen LogP contribution in [0.25, 0.3) is 0 Å². The fourth-order valence-corrected chi connectivity index (χ4v) is 3.96. The van der Waals surface area contributed by atoms with Crippen molar-refractivity contribution in [3.05, 3.63) is 64.6 Å². The van der Waals surface area contributed by atoms with Gasteiger partial charge in [0.25, 0.3) is 0 Å². The molecule has 1 aromatic carbocycles. The monoisotopic (exact) mass is 432 g/mol. The molecule has 0 amide bonds. The zero-order valence-corrected chi connectivity index (χ0v) is 18.8. The van der Waals surface area contributed by atoms with Gasteiger partial charge in [-0.15, -0.1) is 0 Å². The van der Waals surface area contributed by atoms with Crippen LogP contribution in [0.4, 0.5) is 11.5 Å². The first-order chi connectivity index (χ1) is 15.4. The molecular weight excluding hydrogens is 404 g/mol. The van der Waals surface area contributed by atoms with Gasteiger partial charge >= 0.3 is 0 Å². The van der Waals surface area contributed by atoms with Crippen molar-refractivity contribution < 1.29 is 9.47 Å². The summed E-state index contributed by atoms with van der Waals surface area (Å²) in [6.07, 6.45) is 4.35. The standard InChI is InChI=1S/C24H28N6O2/c1-14-12-28-29-15(2)22(14)16(3)32-18-6-7-20(25)19(11-18)23(26)17-10-21(31-4)24(27-13-17)30-8-5-9-30/h6-7,10-13,16,26H,5,8-9,25H2,1-4H3/t16-/m1/s1. The summed E-state index contributed by atoms with van der Waals surface area (Å²) in [4.78, 5) is 6.71. The highest BCUT2D eigenvalue weighted by atomic mass is 16.5. The average Bonchev–Trinajstić information content (AvgIpc) is 2.73. The summed E-state index contributed by atoms with van der Waals surface area (Å²) in [5, 5.41) is 16.9. The molecule has 1 aliphatic heterocycles. The molecule has 3 N–H and O–H groups in total. The number of nitrogens with zero attached hydrogens (tertiary/aromatic N) is 4. The van der Waals surface area contributed by atoms with E-state index >= 15 is 0 Å². The number of hydrogen-bond donors (Lipinski definition) is 2. The molecule has 0 saturated carbocycles. The fourth-order valence-electron chi connectivity index (χ4n) is 3.96. The van der Waals surface area contributed by atoms with E-state index in [1.54, 1.807) is 31.6 Å². The molecule has 1 saturated heterocycles. The van der Waals surface area contributed by atoms with Gasteiger partial charge in [-0.3, -0.25) is 5.41 Å². The highest BCUT2D eigenvalue weighted by molar-refractivity contribution is 6.14. The van der Waals surface area contributed by atoms with Gasteiger partial charge in [0.15, 0.2) is 11.6 Å². The molecule has 4 rings (SSSR count). The Morgan fingerprint density at radius 3 is 2.62 bits per heavy atom. The van der Waals surface area contributed by atoms with Gasteiger partial charge in [0.1, 0.15) is 11.9 Å². The maximum atomic E-state index is 8.77. The molecule has 1 atom stereocenters. The number of aromatic nitrogens is 3. The Morgan fingerprint density at radius 2 is 1.97 bits per heavy atom. The molecule has 1 aliphatic rings. The molecule has 0 radical (unpaired) electrons. The number of methoxy groups -OCH3 is 1. The topological polar surface area (TPSA) is 110 Å². The smallest absolute Gasteiger partial charge is 0.171 e. The minimum absolute atomic E-state index is 0.228. The number of pyridine rings is 1. The maximum Gasteiger partial charge on any atom is 0.171 e. The van der Waals surface area contributed by atoms with Crippen molar-refractivity contribution in [3.63, 3.8) is 0 Å². The first-order valence-corrected chi connectivity index (χ1v) is 10.6. The normalized spacial score (nSPS) is 13.9. The van der Waals surface area contributed by atoms with E-state index in [9.17, 15) is 0 Å². The van der Waals surface area contributed by atoms with Crippen LogP contribution in [0, 0.1) is 19.3 Å². The molecule has 3 heterocycles. The third kappa shape index (κ3) is 4.08. The lowest BCUT2D eigenvalue weighted by molar-refractivity contribution is 0.224. The average molecular weight is 433 g/mol. The molecule has 8 heteroatoms. The predicted molar refractivity (Wildman–Crippen MR) is 125 cm³/mol. The molecule has 8 nitrogen and oxygen atoms in total. The van der Waals surface area contributed by atoms with Crippen molar-refractivity contribution in [2.45, 2.75) is 33.3 Å². The minimum Gasteiger partial charge on any atom is -0.493 e. The summed E-state index contributed by atoms with van der Waals surface area (Å²) in [6.45, 7) is 7.82. The molecule has 1 fully saturated rings. The van der Waals surface area contributed by atoms with E-state index in [1.807, 2.05) is 32.9 Å². The number of ether oxygens (including phenoxy) is 2. The third-order valence-corrected chi connectivity index (χ3v) is 5.78. The van der Waals surface area contributed by atoms with Crippen molar-refractivity contribution >= 4 is 17.2 Å². The summed E-state index contributed by atoms with van der Waals surface area (Å²) in [5.74, 6) is 2.09. The van der Waals surface area contributed by atoms with Crippen molar-refractivity contribution in [2.75, 3.05) is 30.8 Å². The fraction of sp³-hybridized carbons (Fsp3) is 0.333. The number of benzene rings is 1. The molecular formula is C24H28N6O2. The van der Waals surface area contributed by atoms with E-state index in [0.29, 0.717) is 28.3 Å². The number of hydrogen-bond acceptors (Lipinski definition) is 8. The summed E-state index contributed by atoms with van der Waals surface area (Å²) in [7, 11) is 1.62. The first-order valence-electron chi connectivity index (χ1n) is 10.6. The quantitative estimate of drug-likeness (QED) is 0.431. The van der Waals surface area contributed by atoms with E-state index in [2.05, 4.69) is 20.1 Å². The maximum absolute atomic E-state index is 8.77. The van der Waals surface area contributed by atoms with Crippen LogP contribution >= 0.6 is 0 Å². The summed E-state index contributed by atoms with van der Waals surface area (Å²) < 4.78 is 11.7. The molecule has 0 spiro atoms. The number of nitrogens with one attached hydrogen (secondary N) is 1. The predicted octanol–water partition coefficient (Wildman–Crippen LogP) is 3.85. The van der Waals surface area contributed by atoms with Crippen molar-refractivity contribution in [3.8, 4) is 11.5 Å². The lowest BCUT2D eigenvalue weighted by atomic mass is 10.0. The lowest BCUT2D eigenvalue weighted by Gasteiger charge is -2.33. The number of nitrogens with two attached hydrogens (primary N) is 1. The van der Waals surface area contributed by atoms with Gasteiger partial charge in [-0.2, -0.15) is 10.2 Å². The Labute approximate surface area is 187 Å². The molecule has 3 aromatic rings. The number of anilines is 2. The van der Waals surface area contributed by atoms with Crippen LogP contribution in [0.1, 0.15) is 47.4 Å². The van der Waals surface area contributed by atoms with Crippen molar-refractivity contribution in [1.29, 1.82) is 5.41 Å². The Morgan fingerprint density at radius 1 is 1.19 bits per heavy atom. The SMILES string of the molecule is COc1cc(C(=N)c2cc(O[C@H](C)c3c(C)cnnc3C)ccc2N)cnc1N1CCC1. The van der Waals surface area contributed by atoms with Gasteiger partial charge < -0.3 is 20.1 Å². The van der Waals surface area contributed by atoms with E-state index in [0.717, 1.165) is 42.1 Å². The molecule has 0 aliphatic carbocycles. The molecule has 0 unspecified atom stereocenters. The molecule has 166 valence electrons. The van der Waals surface area contributed by atoms with Crippen LogP contribution < -0.4 is 20.1 Å². The molecule has 2 aromatic heterocycles. The van der Waals surface area contributed by atoms with Crippen LogP contribution in [0.2, 0.25) is 0 Å². The van der Waals surface area contributed by atoms with E-state index in [4.69, 9.17) is 20.6 Å². The Kier molecular flexibility index (Phi) is 5.94. The summed E-state index contributed by atoms with van der Waals surface area (Å²) in [6, 6.07) is 7.21. The lowest BCUT2D eigenvalue weighted by Crippen LogP contribution is -2.37. The van der Waals surface area contributed by atoms with Gasteiger partial charge in [0.2, 0.25) is 0 Å². The van der Waals surface area contributed by atoms with E-state index in [1.165, 1.54) is 0 Å². The second kappa shape index (κ2) is 8.82. The highest BCUT2D eigenvalue weighted by Gasteiger charge is 2.22. The number of rotatable bonds is 7. The van der Waals surface area contributed by atoms with Gasteiger partial charge in [0.05, 0.1) is 24.7 Å². The number of aryl methyl sites for hydroxylation is 2. The van der Waals surface area contributed by atoms with Crippen LogP contribution in [-0.4, -0.2) is 41.1 Å². The number of nitrogen functional groups attached to an aromatic ring is 1. The van der Waals surface area contributed by atoms with Crippen LogP contribution in [0.3, 0.4) is 0 Å². The molecule has 0 bridgehead atoms. The van der Waals surface area contributed by atoms with Crippen LogP contribution in [0.5, 0.6) is 11.5 Å². The van der Waals surface area contributed by atoms with Crippen LogP contribution in [0.15, 0.2) is 36.7 Å². The van der Waals surface area contributed by atoms with Gasteiger partial charge in [0, 0.05) is 41.7 Å².